The summed E-state index contributed by atoms with van der Waals surface area (Å²) in [5, 5.41) is 6.54. The predicted molar refractivity (Wildman–Crippen MR) is 59.6 cm³/mol. The summed E-state index contributed by atoms with van der Waals surface area (Å²) in [7, 11) is 0. The Balaban J connectivity index is 2.15. The quantitative estimate of drug-likeness (QED) is 0.786. The minimum Gasteiger partial charge on any atom is -0.377 e. The highest BCUT2D eigenvalue weighted by Crippen LogP contribution is 2.07. The molecule has 1 rings (SSSR count). The fraction of sp³-hybridized carbons (Fsp3) is 0.700. The Kier molecular flexibility index (Phi) is 5.07. The van der Waals surface area contributed by atoms with Gasteiger partial charge in [0.05, 0.1) is 6.10 Å². The number of ether oxygens (including phenoxy) is 1. The first kappa shape index (κ1) is 11.6. The number of rotatable bonds is 6. The standard InChI is InChI=1S/C10H18N2OS/c1-4-13-9(3)5-11-6-10-12-8(2)7-14-10/h7,9,11H,4-6H2,1-3H3. The van der Waals surface area contributed by atoms with Gasteiger partial charge in [0.15, 0.2) is 0 Å². The lowest BCUT2D eigenvalue weighted by atomic mass is 10.4. The molecule has 1 N–H and O–H groups in total. The highest BCUT2D eigenvalue weighted by atomic mass is 32.1. The second-order valence-corrected chi connectivity index (χ2v) is 4.22. The summed E-state index contributed by atoms with van der Waals surface area (Å²) in [6.45, 7) is 8.61. The molecule has 80 valence electrons. The first-order valence-corrected chi connectivity index (χ1v) is 5.83. The van der Waals surface area contributed by atoms with Gasteiger partial charge in [-0.1, -0.05) is 0 Å². The molecule has 0 aromatic carbocycles. The van der Waals surface area contributed by atoms with E-state index in [1.165, 1.54) is 0 Å². The zero-order valence-corrected chi connectivity index (χ0v) is 9.86. The molecule has 0 saturated carbocycles. The van der Waals surface area contributed by atoms with E-state index in [-0.39, 0.29) is 6.10 Å². The van der Waals surface area contributed by atoms with Gasteiger partial charge in [0, 0.05) is 30.8 Å². The van der Waals surface area contributed by atoms with Crippen LogP contribution in [-0.2, 0) is 11.3 Å². The van der Waals surface area contributed by atoms with Gasteiger partial charge in [-0.15, -0.1) is 11.3 Å². The first-order chi connectivity index (χ1) is 6.72. The Morgan fingerprint density at radius 2 is 2.43 bits per heavy atom. The molecule has 0 aliphatic heterocycles. The molecule has 0 bridgehead atoms. The van der Waals surface area contributed by atoms with Gasteiger partial charge in [-0.2, -0.15) is 0 Å². The summed E-state index contributed by atoms with van der Waals surface area (Å²) in [5.74, 6) is 0. The smallest absolute Gasteiger partial charge is 0.107 e. The van der Waals surface area contributed by atoms with Gasteiger partial charge >= 0.3 is 0 Å². The third kappa shape index (κ3) is 4.17. The summed E-state index contributed by atoms with van der Waals surface area (Å²) in [5.41, 5.74) is 1.10. The van der Waals surface area contributed by atoms with Gasteiger partial charge in [-0.05, 0) is 20.8 Å². The highest BCUT2D eigenvalue weighted by Gasteiger charge is 2.01. The zero-order valence-electron chi connectivity index (χ0n) is 9.04. The second kappa shape index (κ2) is 6.11. The van der Waals surface area contributed by atoms with E-state index in [4.69, 9.17) is 4.74 Å². The topological polar surface area (TPSA) is 34.1 Å². The van der Waals surface area contributed by atoms with E-state index in [9.17, 15) is 0 Å². The molecule has 1 aromatic rings. The van der Waals surface area contributed by atoms with Crippen molar-refractivity contribution in [2.45, 2.75) is 33.4 Å². The van der Waals surface area contributed by atoms with E-state index < -0.39 is 0 Å². The Labute approximate surface area is 89.5 Å². The molecule has 1 atom stereocenters. The summed E-state index contributed by atoms with van der Waals surface area (Å²) in [6, 6.07) is 0. The first-order valence-electron chi connectivity index (χ1n) is 4.95. The van der Waals surface area contributed by atoms with E-state index in [1.807, 2.05) is 13.8 Å². The van der Waals surface area contributed by atoms with Gasteiger partial charge in [0.2, 0.25) is 0 Å². The van der Waals surface area contributed by atoms with Crippen molar-refractivity contribution in [2.75, 3.05) is 13.2 Å². The van der Waals surface area contributed by atoms with Gasteiger partial charge in [-0.3, -0.25) is 0 Å². The van der Waals surface area contributed by atoms with Crippen molar-refractivity contribution in [3.63, 3.8) is 0 Å². The van der Waals surface area contributed by atoms with E-state index in [0.29, 0.717) is 0 Å². The average Bonchev–Trinajstić information content (AvgIpc) is 2.52. The van der Waals surface area contributed by atoms with E-state index >= 15 is 0 Å². The maximum absolute atomic E-state index is 5.41. The predicted octanol–water partition coefficient (Wildman–Crippen LogP) is 1.97. The number of nitrogens with zero attached hydrogens (tertiary/aromatic N) is 1. The van der Waals surface area contributed by atoms with Crippen molar-refractivity contribution in [1.82, 2.24) is 10.3 Å². The minimum atomic E-state index is 0.279. The number of aryl methyl sites for hydroxylation is 1. The molecule has 0 fully saturated rings. The summed E-state index contributed by atoms with van der Waals surface area (Å²) < 4.78 is 5.41. The summed E-state index contributed by atoms with van der Waals surface area (Å²) in [6.07, 6.45) is 0.279. The molecule has 0 aliphatic rings. The normalized spacial score (nSPS) is 13.1. The number of thiazole rings is 1. The Morgan fingerprint density at radius 3 is 3.00 bits per heavy atom. The van der Waals surface area contributed by atoms with Crippen molar-refractivity contribution in [1.29, 1.82) is 0 Å². The zero-order chi connectivity index (χ0) is 10.4. The molecule has 0 spiro atoms. The van der Waals surface area contributed by atoms with Crippen molar-refractivity contribution in [3.8, 4) is 0 Å². The molecule has 3 nitrogen and oxygen atoms in total. The van der Waals surface area contributed by atoms with Gasteiger partial charge in [-0.25, -0.2) is 4.98 Å². The van der Waals surface area contributed by atoms with Crippen LogP contribution in [0.2, 0.25) is 0 Å². The van der Waals surface area contributed by atoms with Crippen LogP contribution in [0, 0.1) is 6.92 Å². The molecule has 1 aromatic heterocycles. The van der Waals surface area contributed by atoms with Crippen LogP contribution >= 0.6 is 11.3 Å². The lowest BCUT2D eigenvalue weighted by Gasteiger charge is -2.11. The van der Waals surface area contributed by atoms with Crippen LogP contribution in [0.5, 0.6) is 0 Å². The van der Waals surface area contributed by atoms with Crippen molar-refractivity contribution >= 4 is 11.3 Å². The molecular weight excluding hydrogens is 196 g/mol. The maximum Gasteiger partial charge on any atom is 0.107 e. The number of hydrogen-bond donors (Lipinski definition) is 1. The SMILES string of the molecule is CCOC(C)CNCc1nc(C)cs1. The van der Waals surface area contributed by atoms with Crippen LogP contribution in [-0.4, -0.2) is 24.2 Å². The summed E-state index contributed by atoms with van der Waals surface area (Å²) >= 11 is 1.70. The van der Waals surface area contributed by atoms with Crippen LogP contribution in [0.1, 0.15) is 24.5 Å². The Hall–Kier alpha value is -0.450. The number of nitrogens with one attached hydrogen (secondary N) is 1. The lowest BCUT2D eigenvalue weighted by molar-refractivity contribution is 0.0759. The van der Waals surface area contributed by atoms with Gasteiger partial charge in [0.25, 0.3) is 0 Å². The number of hydrogen-bond acceptors (Lipinski definition) is 4. The molecule has 0 amide bonds. The monoisotopic (exact) mass is 214 g/mol. The lowest BCUT2D eigenvalue weighted by Crippen LogP contribution is -2.26. The average molecular weight is 214 g/mol. The third-order valence-electron chi connectivity index (χ3n) is 1.83. The summed E-state index contributed by atoms with van der Waals surface area (Å²) in [4.78, 5) is 4.37. The van der Waals surface area contributed by atoms with Crippen molar-refractivity contribution in [3.05, 3.63) is 16.1 Å². The van der Waals surface area contributed by atoms with Crippen molar-refractivity contribution in [2.24, 2.45) is 0 Å². The molecule has 0 saturated heterocycles. The minimum absolute atomic E-state index is 0.279. The highest BCUT2D eigenvalue weighted by molar-refractivity contribution is 7.09. The Morgan fingerprint density at radius 1 is 1.64 bits per heavy atom. The molecule has 0 aliphatic carbocycles. The van der Waals surface area contributed by atoms with Gasteiger partial charge < -0.3 is 10.1 Å². The molecule has 0 radical (unpaired) electrons. The van der Waals surface area contributed by atoms with E-state index in [2.05, 4.69) is 22.6 Å². The molecule has 14 heavy (non-hydrogen) atoms. The Bertz CT molecular complexity index is 262. The van der Waals surface area contributed by atoms with E-state index in [0.717, 1.165) is 30.4 Å². The van der Waals surface area contributed by atoms with Crippen LogP contribution in [0.4, 0.5) is 0 Å². The fourth-order valence-electron chi connectivity index (χ4n) is 1.21. The fourth-order valence-corrected chi connectivity index (χ4v) is 1.95. The van der Waals surface area contributed by atoms with Crippen molar-refractivity contribution < 1.29 is 4.74 Å². The molecular formula is C10H18N2OS. The van der Waals surface area contributed by atoms with Crippen LogP contribution in [0.15, 0.2) is 5.38 Å². The second-order valence-electron chi connectivity index (χ2n) is 3.28. The van der Waals surface area contributed by atoms with Crippen LogP contribution in [0.3, 0.4) is 0 Å². The number of aromatic nitrogens is 1. The van der Waals surface area contributed by atoms with Crippen LogP contribution < -0.4 is 5.32 Å². The molecule has 4 heteroatoms. The van der Waals surface area contributed by atoms with E-state index in [1.54, 1.807) is 11.3 Å². The van der Waals surface area contributed by atoms with Gasteiger partial charge in [0.1, 0.15) is 5.01 Å². The molecule has 1 unspecified atom stereocenters. The largest absolute Gasteiger partial charge is 0.377 e. The third-order valence-corrected chi connectivity index (χ3v) is 2.79. The maximum atomic E-state index is 5.41. The van der Waals surface area contributed by atoms with Crippen LogP contribution in [0.25, 0.3) is 0 Å². The molecule has 1 heterocycles.